The molecule has 1 heterocycles. The van der Waals surface area contributed by atoms with Crippen LogP contribution in [0.2, 0.25) is 10.0 Å². The molecule has 0 aliphatic heterocycles. The van der Waals surface area contributed by atoms with Crippen LogP contribution < -0.4 is 0 Å². The SMILES string of the molecule is COC(=O)c1nnc(-c2ccc(Cl)cc2Cl)o1. The van der Waals surface area contributed by atoms with Gasteiger partial charge >= 0.3 is 11.9 Å². The summed E-state index contributed by atoms with van der Waals surface area (Å²) in [6, 6.07) is 4.80. The first kappa shape index (κ1) is 11.9. The van der Waals surface area contributed by atoms with E-state index in [1.807, 2.05) is 0 Å². The van der Waals surface area contributed by atoms with Gasteiger partial charge in [-0.3, -0.25) is 0 Å². The van der Waals surface area contributed by atoms with E-state index in [1.54, 1.807) is 18.2 Å². The second-order valence-electron chi connectivity index (χ2n) is 3.03. The minimum atomic E-state index is -0.700. The number of aromatic nitrogens is 2. The highest BCUT2D eigenvalue weighted by atomic mass is 35.5. The molecule has 2 rings (SSSR count). The average molecular weight is 273 g/mol. The third kappa shape index (κ3) is 2.40. The third-order valence-corrected chi connectivity index (χ3v) is 2.49. The van der Waals surface area contributed by atoms with Crippen LogP contribution in [0.5, 0.6) is 0 Å². The second-order valence-corrected chi connectivity index (χ2v) is 3.87. The Hall–Kier alpha value is -1.59. The summed E-state index contributed by atoms with van der Waals surface area (Å²) >= 11 is 11.7. The standard InChI is InChI=1S/C10H6Cl2N2O3/c1-16-10(15)9-14-13-8(17-9)6-3-2-5(11)4-7(6)12/h2-4H,1H3. The molecule has 0 amide bonds. The molecule has 0 saturated carbocycles. The molecule has 7 heteroatoms. The number of ether oxygens (including phenoxy) is 1. The van der Waals surface area contributed by atoms with Crippen molar-refractivity contribution in [2.45, 2.75) is 0 Å². The topological polar surface area (TPSA) is 65.2 Å². The number of carbonyl (C=O) groups is 1. The Kier molecular flexibility index (Phi) is 3.31. The molecule has 0 bridgehead atoms. The van der Waals surface area contributed by atoms with Crippen LogP contribution in [0.3, 0.4) is 0 Å². The van der Waals surface area contributed by atoms with Gasteiger partial charge in [0.1, 0.15) is 0 Å². The van der Waals surface area contributed by atoms with Crippen LogP contribution >= 0.6 is 23.2 Å². The van der Waals surface area contributed by atoms with Gasteiger partial charge in [0, 0.05) is 5.02 Å². The largest absolute Gasteiger partial charge is 0.462 e. The first-order chi connectivity index (χ1) is 8.11. The molecule has 0 N–H and O–H groups in total. The van der Waals surface area contributed by atoms with Crippen molar-refractivity contribution in [1.29, 1.82) is 0 Å². The van der Waals surface area contributed by atoms with Gasteiger partial charge < -0.3 is 9.15 Å². The maximum absolute atomic E-state index is 11.1. The van der Waals surface area contributed by atoms with Crippen molar-refractivity contribution < 1.29 is 13.9 Å². The summed E-state index contributed by atoms with van der Waals surface area (Å²) in [5, 5.41) is 8.10. The number of hydrogen-bond acceptors (Lipinski definition) is 5. The van der Waals surface area contributed by atoms with E-state index in [2.05, 4.69) is 14.9 Å². The van der Waals surface area contributed by atoms with Gasteiger partial charge in [0.2, 0.25) is 5.89 Å². The first-order valence-electron chi connectivity index (χ1n) is 4.49. The van der Waals surface area contributed by atoms with E-state index in [0.717, 1.165) is 0 Å². The minimum Gasteiger partial charge on any atom is -0.462 e. The minimum absolute atomic E-state index is 0.132. The zero-order valence-electron chi connectivity index (χ0n) is 8.61. The predicted octanol–water partition coefficient (Wildman–Crippen LogP) is 2.83. The predicted molar refractivity (Wildman–Crippen MR) is 61.1 cm³/mol. The van der Waals surface area contributed by atoms with Crippen LogP contribution in [-0.4, -0.2) is 23.3 Å². The van der Waals surface area contributed by atoms with Crippen molar-refractivity contribution in [1.82, 2.24) is 10.2 Å². The molecule has 0 unspecified atom stereocenters. The number of nitrogens with zero attached hydrogens (tertiary/aromatic N) is 2. The van der Waals surface area contributed by atoms with E-state index in [4.69, 9.17) is 27.6 Å². The molecule has 2 aromatic rings. The Balaban J connectivity index is 2.40. The van der Waals surface area contributed by atoms with Gasteiger partial charge in [0.15, 0.2) is 0 Å². The average Bonchev–Trinajstić information content (AvgIpc) is 2.77. The summed E-state index contributed by atoms with van der Waals surface area (Å²) in [4.78, 5) is 11.1. The normalized spacial score (nSPS) is 10.3. The number of rotatable bonds is 2. The lowest BCUT2D eigenvalue weighted by Gasteiger charge is -1.98. The fourth-order valence-corrected chi connectivity index (χ4v) is 1.65. The number of carbonyl (C=O) groups excluding carboxylic acids is 1. The van der Waals surface area contributed by atoms with Gasteiger partial charge in [-0.05, 0) is 18.2 Å². The van der Waals surface area contributed by atoms with Crippen molar-refractivity contribution in [3.8, 4) is 11.5 Å². The van der Waals surface area contributed by atoms with Crippen LogP contribution in [0.1, 0.15) is 10.7 Å². The summed E-state index contributed by atoms with van der Waals surface area (Å²) in [7, 11) is 1.22. The van der Waals surface area contributed by atoms with Crippen molar-refractivity contribution in [2.75, 3.05) is 7.11 Å². The molecule has 0 saturated heterocycles. The number of hydrogen-bond donors (Lipinski definition) is 0. The highest BCUT2D eigenvalue weighted by Crippen LogP contribution is 2.29. The molecule has 0 atom stereocenters. The smallest absolute Gasteiger partial charge is 0.396 e. The van der Waals surface area contributed by atoms with Gasteiger partial charge in [-0.1, -0.05) is 23.2 Å². The highest BCUT2D eigenvalue weighted by molar-refractivity contribution is 6.36. The van der Waals surface area contributed by atoms with Crippen LogP contribution in [0, 0.1) is 0 Å². The maximum atomic E-state index is 11.1. The van der Waals surface area contributed by atoms with E-state index < -0.39 is 5.97 Å². The summed E-state index contributed by atoms with van der Waals surface area (Å²) < 4.78 is 9.56. The molecule has 5 nitrogen and oxygen atoms in total. The highest BCUT2D eigenvalue weighted by Gasteiger charge is 2.17. The van der Waals surface area contributed by atoms with Crippen LogP contribution in [-0.2, 0) is 4.74 Å². The number of benzene rings is 1. The quantitative estimate of drug-likeness (QED) is 0.787. The lowest BCUT2D eigenvalue weighted by molar-refractivity contribution is 0.0556. The van der Waals surface area contributed by atoms with Crippen molar-refractivity contribution in [3.05, 3.63) is 34.1 Å². The Labute approximate surface area is 106 Å². The fourth-order valence-electron chi connectivity index (χ4n) is 1.16. The van der Waals surface area contributed by atoms with Gasteiger partial charge in [-0.15, -0.1) is 10.2 Å². The molecular formula is C10H6Cl2N2O3. The van der Waals surface area contributed by atoms with Gasteiger partial charge in [0.25, 0.3) is 0 Å². The van der Waals surface area contributed by atoms with Crippen molar-refractivity contribution >= 4 is 29.2 Å². The van der Waals surface area contributed by atoms with Crippen LogP contribution in [0.15, 0.2) is 22.6 Å². The van der Waals surface area contributed by atoms with E-state index in [1.165, 1.54) is 7.11 Å². The molecule has 17 heavy (non-hydrogen) atoms. The van der Waals surface area contributed by atoms with E-state index >= 15 is 0 Å². The lowest BCUT2D eigenvalue weighted by atomic mass is 10.2. The van der Waals surface area contributed by atoms with Crippen LogP contribution in [0.25, 0.3) is 11.5 Å². The zero-order valence-corrected chi connectivity index (χ0v) is 10.1. The Morgan fingerprint density at radius 3 is 2.76 bits per heavy atom. The molecule has 1 aromatic heterocycles. The molecule has 88 valence electrons. The van der Waals surface area contributed by atoms with E-state index in [-0.39, 0.29) is 11.8 Å². The van der Waals surface area contributed by atoms with Gasteiger partial charge in [-0.2, -0.15) is 0 Å². The molecule has 0 fully saturated rings. The zero-order chi connectivity index (χ0) is 12.4. The summed E-state index contributed by atoms with van der Waals surface area (Å²) in [6.45, 7) is 0. The monoisotopic (exact) mass is 272 g/mol. The Bertz CT molecular complexity index is 568. The molecule has 0 aliphatic carbocycles. The van der Waals surface area contributed by atoms with Crippen LogP contribution in [0.4, 0.5) is 0 Å². The molecule has 1 aromatic carbocycles. The Morgan fingerprint density at radius 1 is 1.35 bits per heavy atom. The number of methoxy groups -OCH3 is 1. The molecular weight excluding hydrogens is 267 g/mol. The molecule has 0 radical (unpaired) electrons. The van der Waals surface area contributed by atoms with Gasteiger partial charge in [-0.25, -0.2) is 4.79 Å². The second kappa shape index (κ2) is 4.73. The number of esters is 1. The Morgan fingerprint density at radius 2 is 2.12 bits per heavy atom. The summed E-state index contributed by atoms with van der Waals surface area (Å²) in [5.74, 6) is -0.797. The van der Waals surface area contributed by atoms with Crippen molar-refractivity contribution in [3.63, 3.8) is 0 Å². The third-order valence-electron chi connectivity index (χ3n) is 1.95. The summed E-state index contributed by atoms with van der Waals surface area (Å²) in [5.41, 5.74) is 0.499. The lowest BCUT2D eigenvalue weighted by Crippen LogP contribution is -2.00. The molecule has 0 aliphatic rings. The number of halogens is 2. The summed E-state index contributed by atoms with van der Waals surface area (Å²) in [6.07, 6.45) is 0. The maximum Gasteiger partial charge on any atom is 0.396 e. The molecule has 0 spiro atoms. The fraction of sp³-hybridized carbons (Fsp3) is 0.100. The van der Waals surface area contributed by atoms with Gasteiger partial charge in [0.05, 0.1) is 17.7 Å². The van der Waals surface area contributed by atoms with E-state index in [0.29, 0.717) is 15.6 Å². The van der Waals surface area contributed by atoms with Crippen molar-refractivity contribution in [2.24, 2.45) is 0 Å². The van der Waals surface area contributed by atoms with E-state index in [9.17, 15) is 4.79 Å². The first-order valence-corrected chi connectivity index (χ1v) is 5.24.